The minimum absolute atomic E-state index is 0.0882. The van der Waals surface area contributed by atoms with Gasteiger partial charge in [-0.1, -0.05) is 0 Å². The van der Waals surface area contributed by atoms with Crippen LogP contribution in [0.5, 0.6) is 5.75 Å². The van der Waals surface area contributed by atoms with Gasteiger partial charge in [-0.25, -0.2) is 8.78 Å². The molecule has 0 amide bonds. The first-order valence-electron chi connectivity index (χ1n) is 5.56. The van der Waals surface area contributed by atoms with E-state index in [0.29, 0.717) is 10.2 Å². The number of hydrogen-bond donors (Lipinski definition) is 1. The van der Waals surface area contributed by atoms with E-state index in [0.717, 1.165) is 12.1 Å². The lowest BCUT2D eigenvalue weighted by Gasteiger charge is -2.09. The number of methoxy groups -OCH3 is 1. The normalized spacial score (nSPS) is 10.4. The third-order valence-corrected chi connectivity index (χ3v) is 3.41. The van der Waals surface area contributed by atoms with E-state index in [1.54, 1.807) is 12.1 Å². The van der Waals surface area contributed by atoms with Crippen molar-refractivity contribution in [3.8, 4) is 5.75 Å². The minimum Gasteiger partial charge on any atom is -0.497 e. The average molecular weight is 342 g/mol. The first-order valence-corrected chi connectivity index (χ1v) is 6.36. The van der Waals surface area contributed by atoms with Crippen LogP contribution >= 0.6 is 15.9 Å². The highest BCUT2D eigenvalue weighted by Gasteiger charge is 2.18. The van der Waals surface area contributed by atoms with E-state index in [9.17, 15) is 13.6 Å². The summed E-state index contributed by atoms with van der Waals surface area (Å²) < 4.78 is 31.7. The molecule has 0 unspecified atom stereocenters. The van der Waals surface area contributed by atoms with Gasteiger partial charge < -0.3 is 10.5 Å². The van der Waals surface area contributed by atoms with E-state index in [4.69, 9.17) is 10.5 Å². The zero-order valence-corrected chi connectivity index (χ0v) is 12.0. The molecule has 0 radical (unpaired) electrons. The van der Waals surface area contributed by atoms with Gasteiger partial charge in [-0.3, -0.25) is 4.79 Å². The molecule has 0 aromatic heterocycles. The Morgan fingerprint density at radius 3 is 2.40 bits per heavy atom. The molecule has 0 aliphatic rings. The van der Waals surface area contributed by atoms with Gasteiger partial charge in [0.05, 0.1) is 7.11 Å². The Kier molecular flexibility index (Phi) is 4.04. The average Bonchev–Trinajstić information content (AvgIpc) is 2.42. The maximum atomic E-state index is 13.2. The zero-order chi connectivity index (χ0) is 14.9. The molecule has 2 aromatic rings. The van der Waals surface area contributed by atoms with Gasteiger partial charge in [0.25, 0.3) is 0 Å². The van der Waals surface area contributed by atoms with Crippen LogP contribution in [-0.2, 0) is 0 Å². The Bertz CT molecular complexity index is 689. The molecule has 0 atom stereocenters. The quantitative estimate of drug-likeness (QED) is 0.686. The van der Waals surface area contributed by atoms with Crippen LogP contribution in [0.1, 0.15) is 15.9 Å². The summed E-state index contributed by atoms with van der Waals surface area (Å²) in [5.41, 5.74) is 5.65. The van der Waals surface area contributed by atoms with Gasteiger partial charge >= 0.3 is 0 Å². The number of nitrogens with two attached hydrogens (primary N) is 1. The predicted molar refractivity (Wildman–Crippen MR) is 74.9 cm³/mol. The third kappa shape index (κ3) is 2.65. The van der Waals surface area contributed by atoms with Crippen molar-refractivity contribution >= 4 is 27.4 Å². The zero-order valence-electron chi connectivity index (χ0n) is 10.4. The number of anilines is 1. The molecule has 0 fully saturated rings. The Labute approximate surface area is 122 Å². The van der Waals surface area contributed by atoms with Crippen LogP contribution in [-0.4, -0.2) is 12.9 Å². The van der Waals surface area contributed by atoms with Gasteiger partial charge in [0.15, 0.2) is 17.4 Å². The monoisotopic (exact) mass is 341 g/mol. The van der Waals surface area contributed by atoms with Crippen molar-refractivity contribution in [2.24, 2.45) is 0 Å². The second-order valence-electron chi connectivity index (χ2n) is 4.03. The van der Waals surface area contributed by atoms with Gasteiger partial charge in [0.2, 0.25) is 0 Å². The highest BCUT2D eigenvalue weighted by molar-refractivity contribution is 9.10. The van der Waals surface area contributed by atoms with Crippen molar-refractivity contribution in [1.29, 1.82) is 0 Å². The van der Waals surface area contributed by atoms with E-state index in [2.05, 4.69) is 15.9 Å². The Morgan fingerprint density at radius 1 is 1.15 bits per heavy atom. The van der Waals surface area contributed by atoms with Crippen LogP contribution < -0.4 is 10.5 Å². The molecule has 0 saturated heterocycles. The van der Waals surface area contributed by atoms with Crippen molar-refractivity contribution in [2.75, 3.05) is 12.8 Å². The van der Waals surface area contributed by atoms with Crippen molar-refractivity contribution in [3.05, 3.63) is 57.6 Å². The number of benzene rings is 2. The highest BCUT2D eigenvalue weighted by atomic mass is 79.9. The lowest BCUT2D eigenvalue weighted by atomic mass is 10.0. The van der Waals surface area contributed by atoms with Gasteiger partial charge in [0, 0.05) is 27.4 Å². The van der Waals surface area contributed by atoms with Crippen LogP contribution in [0, 0.1) is 11.6 Å². The second kappa shape index (κ2) is 5.58. The molecule has 0 saturated carbocycles. The molecule has 20 heavy (non-hydrogen) atoms. The number of carbonyl (C=O) groups excluding carboxylic acids is 1. The Balaban J connectivity index is 2.49. The molecule has 2 aromatic carbocycles. The molecular formula is C14H10BrF2NO2. The van der Waals surface area contributed by atoms with Crippen molar-refractivity contribution in [2.45, 2.75) is 0 Å². The highest BCUT2D eigenvalue weighted by Crippen LogP contribution is 2.27. The summed E-state index contributed by atoms with van der Waals surface area (Å²) in [6, 6.07) is 6.30. The van der Waals surface area contributed by atoms with Crippen molar-refractivity contribution in [1.82, 2.24) is 0 Å². The first-order chi connectivity index (χ1) is 9.43. The van der Waals surface area contributed by atoms with Crippen LogP contribution in [0.25, 0.3) is 0 Å². The maximum absolute atomic E-state index is 13.2. The van der Waals surface area contributed by atoms with Crippen LogP contribution in [0.3, 0.4) is 0 Å². The summed E-state index contributed by atoms with van der Waals surface area (Å²) >= 11 is 3.23. The molecule has 0 aliphatic carbocycles. The van der Waals surface area contributed by atoms with E-state index in [-0.39, 0.29) is 16.8 Å². The van der Waals surface area contributed by atoms with E-state index in [1.165, 1.54) is 13.2 Å². The maximum Gasteiger partial charge on any atom is 0.196 e. The molecule has 104 valence electrons. The van der Waals surface area contributed by atoms with E-state index < -0.39 is 17.4 Å². The molecule has 0 aliphatic heterocycles. The lowest BCUT2D eigenvalue weighted by molar-refractivity contribution is 0.103. The number of nitrogen functional groups attached to an aromatic ring is 1. The molecule has 0 spiro atoms. The summed E-state index contributed by atoms with van der Waals surface area (Å²) in [7, 11) is 1.50. The van der Waals surface area contributed by atoms with Crippen LogP contribution in [0.15, 0.2) is 34.8 Å². The third-order valence-electron chi connectivity index (χ3n) is 2.76. The molecule has 2 N–H and O–H groups in total. The number of ketones is 1. The smallest absolute Gasteiger partial charge is 0.196 e. The summed E-state index contributed by atoms with van der Waals surface area (Å²) in [5.74, 6) is -2.15. The molecule has 6 heteroatoms. The standard InChI is InChI=1S/C14H10BrF2NO2/c1-20-7-2-3-8(10(15)4-7)14(19)9-5-11(16)12(17)6-13(9)18/h2-6H,18H2,1H3. The summed E-state index contributed by atoms with van der Waals surface area (Å²) in [4.78, 5) is 12.3. The fraction of sp³-hybridized carbons (Fsp3) is 0.0714. The number of hydrogen-bond acceptors (Lipinski definition) is 3. The molecule has 2 rings (SSSR count). The number of rotatable bonds is 3. The SMILES string of the molecule is COc1ccc(C(=O)c2cc(F)c(F)cc2N)c(Br)c1. The molecule has 3 nitrogen and oxygen atoms in total. The topological polar surface area (TPSA) is 52.3 Å². The molecular weight excluding hydrogens is 332 g/mol. The first kappa shape index (κ1) is 14.5. The summed E-state index contributed by atoms with van der Waals surface area (Å²) in [5, 5.41) is 0. The molecule has 0 heterocycles. The van der Waals surface area contributed by atoms with Crippen LogP contribution in [0.4, 0.5) is 14.5 Å². The van der Waals surface area contributed by atoms with Gasteiger partial charge in [-0.2, -0.15) is 0 Å². The Morgan fingerprint density at radius 2 is 1.80 bits per heavy atom. The molecule has 0 bridgehead atoms. The lowest BCUT2D eigenvalue weighted by Crippen LogP contribution is -2.08. The summed E-state index contributed by atoms with van der Waals surface area (Å²) in [6.45, 7) is 0. The summed E-state index contributed by atoms with van der Waals surface area (Å²) in [6.07, 6.45) is 0. The predicted octanol–water partition coefficient (Wildman–Crippen LogP) is 3.55. The number of ether oxygens (including phenoxy) is 1. The fourth-order valence-corrected chi connectivity index (χ4v) is 2.25. The van der Waals surface area contributed by atoms with Crippen molar-refractivity contribution in [3.63, 3.8) is 0 Å². The number of carbonyl (C=O) groups is 1. The minimum atomic E-state index is -1.12. The van der Waals surface area contributed by atoms with E-state index >= 15 is 0 Å². The van der Waals surface area contributed by atoms with Gasteiger partial charge in [0.1, 0.15) is 5.75 Å². The van der Waals surface area contributed by atoms with Crippen molar-refractivity contribution < 1.29 is 18.3 Å². The number of halogens is 3. The second-order valence-corrected chi connectivity index (χ2v) is 4.88. The Hall–Kier alpha value is -1.95. The fourth-order valence-electron chi connectivity index (χ4n) is 1.71. The van der Waals surface area contributed by atoms with Gasteiger partial charge in [-0.05, 0) is 40.2 Å². The largest absolute Gasteiger partial charge is 0.497 e. The van der Waals surface area contributed by atoms with Crippen LogP contribution in [0.2, 0.25) is 0 Å². The van der Waals surface area contributed by atoms with Gasteiger partial charge in [-0.15, -0.1) is 0 Å². The van der Waals surface area contributed by atoms with E-state index in [1.807, 2.05) is 0 Å².